The molecule has 2 aromatic carbocycles. The highest BCUT2D eigenvalue weighted by atomic mass is 32.5. The Bertz CT molecular complexity index is 4800. The second-order valence-electron chi connectivity index (χ2n) is 23.3. The van der Waals surface area contributed by atoms with Crippen LogP contribution in [0.4, 0.5) is 17.7 Å². The summed E-state index contributed by atoms with van der Waals surface area (Å²) in [4.78, 5) is 155. The number of carbonyl (C=O) groups is 4. The summed E-state index contributed by atoms with van der Waals surface area (Å²) in [5.74, 6) is -5.32. The van der Waals surface area contributed by atoms with Crippen LogP contribution >= 0.6 is 30.2 Å². The Morgan fingerprint density at radius 1 is 0.667 bits per heavy atom. The van der Waals surface area contributed by atoms with E-state index in [0.717, 1.165) is 35.2 Å². The standard InChI is InChI=1S/C55H65N15O27P4S/c1-7-67-24-70(44-34(67)48(76)64-54(56)62-44)49-36(72)35(71)29(90-49)18-87-98(79,80)96-100(83,84)97-99(81,82)88-19-31-38(39(86-6)50(92-31)68-22-59-32-41(57-21-58-42(32)68)61-45(73)27-14-10-8-11-15-27)95-101(85,102)89-20-30-37(93-52(77)25(2)3)40(94-53(78)26(4)5)51(91-30)69-23-60-33-43(69)63-55(66-47(33)75)65-46(74)28-16-12-9-13-17-28/h8-17,21-26,29-31,35-40,49-51,71-72H,7,18-20H2,1-6H3,(H9-,56,57,58,61,62,63,64,65,66,73,74,75,76,79,80,81,82,83,84,85,102)/p+1/t29-,30-,31-,35-,36-,37-,38-,39-,40-,49-,50-,51-,101?/m1/s1. The third-order valence-electron chi connectivity index (χ3n) is 15.7. The van der Waals surface area contributed by atoms with E-state index < -0.39 is 170 Å². The van der Waals surface area contributed by atoms with Gasteiger partial charge in [-0.1, -0.05) is 69.1 Å². The largest absolute Gasteiger partial charge is 0.490 e. The highest BCUT2D eigenvalue weighted by Crippen LogP contribution is 2.68. The summed E-state index contributed by atoms with van der Waals surface area (Å²) in [7, 11) is -17.2. The fourth-order valence-corrected chi connectivity index (χ4v) is 15.8. The normalized spacial score (nSPS) is 25.3. The molecular weight excluding hydrogens is 1460 g/mol. The molecule has 16 atom stereocenters. The van der Waals surface area contributed by atoms with E-state index in [0.29, 0.717) is 0 Å². The number of anilines is 3. The molecule has 102 heavy (non-hydrogen) atoms. The number of H-pyrrole nitrogens is 2. The van der Waals surface area contributed by atoms with Gasteiger partial charge in [0, 0.05) is 18.2 Å². The van der Waals surface area contributed by atoms with Crippen molar-refractivity contribution in [2.45, 2.75) is 115 Å². The molecule has 6 aromatic heterocycles. The van der Waals surface area contributed by atoms with Gasteiger partial charge in [-0.05, 0) is 43.0 Å². The number of ether oxygens (including phenoxy) is 6. The number of hydrogen-bond acceptors (Lipinski definition) is 31. The molecule has 0 spiro atoms. The second kappa shape index (κ2) is 30.4. The van der Waals surface area contributed by atoms with Crippen molar-refractivity contribution in [3.63, 3.8) is 0 Å². The number of nitrogens with one attached hydrogen (secondary N) is 4. The van der Waals surface area contributed by atoms with Crippen LogP contribution in [0.2, 0.25) is 0 Å². The first-order valence-electron chi connectivity index (χ1n) is 30.5. The van der Waals surface area contributed by atoms with Crippen molar-refractivity contribution < 1.29 is 122 Å². The lowest BCUT2D eigenvalue weighted by atomic mass is 10.1. The predicted molar refractivity (Wildman–Crippen MR) is 348 cm³/mol. The number of phosphoric ester groups is 2. The van der Waals surface area contributed by atoms with E-state index in [4.69, 9.17) is 64.1 Å². The number of aromatic amines is 2. The monoisotopic (exact) mass is 1520 g/mol. The van der Waals surface area contributed by atoms with E-state index in [9.17, 15) is 72.2 Å². The molecule has 0 aliphatic carbocycles. The minimum absolute atomic E-state index is 0.00211. The fraction of sp³-hybridized carbons (Fsp3) is 0.436. The number of aliphatic hydroxyl groups is 2. The highest BCUT2D eigenvalue weighted by Gasteiger charge is 2.55. The third-order valence-corrected chi connectivity index (χ3v) is 21.5. The van der Waals surface area contributed by atoms with Crippen LogP contribution < -0.4 is 32.1 Å². The lowest BCUT2D eigenvalue weighted by Gasteiger charge is -2.28. The average molecular weight is 1530 g/mol. The van der Waals surface area contributed by atoms with Gasteiger partial charge in [-0.2, -0.15) is 13.6 Å². The first-order valence-corrected chi connectivity index (χ1v) is 37.6. The number of aliphatic hydroxyl groups excluding tert-OH is 2. The van der Waals surface area contributed by atoms with Gasteiger partial charge >= 0.3 is 47.8 Å². The zero-order valence-corrected chi connectivity index (χ0v) is 58.4. The molecule has 0 radical (unpaired) electrons. The van der Waals surface area contributed by atoms with Crippen LogP contribution in [-0.2, 0) is 96.8 Å². The van der Waals surface area contributed by atoms with Crippen LogP contribution in [0.3, 0.4) is 0 Å². The zero-order chi connectivity index (χ0) is 73.5. The number of imidazole rings is 3. The SMILES string of the molecule is CCn1c[n+]([C@@H]2O[C@H](COP(=O)(O)OP(=O)(O)OP(=O)(O)OC[C@H]3O[C@@H](n4cnc5c(NC(=O)c6ccccc6)ncnc54)[C@H](OC)[C@@H]3OP(O)(=S)OC[C@H]3O[C@@H](n4cnc5c(=O)[nH]c(NC(=O)c6ccccc6)nc54)[C@H](OC(=O)C(C)C)[C@@H]3OC(=O)C(C)C)[C@@H](O)[C@H]2O)c2nc(N)[nH]c(=O)c21. The molecule has 3 aliphatic heterocycles. The summed E-state index contributed by atoms with van der Waals surface area (Å²) < 4.78 is 112. The third kappa shape index (κ3) is 16.5. The number of nitrogens with zero attached hydrogens (tertiary/aromatic N) is 10. The number of nitrogen functional groups attached to an aromatic ring is 1. The summed E-state index contributed by atoms with van der Waals surface area (Å²) in [6.45, 7) is -0.360. The maximum Gasteiger partial charge on any atom is 0.490 e. The van der Waals surface area contributed by atoms with Gasteiger partial charge in [0.1, 0.15) is 49.1 Å². The van der Waals surface area contributed by atoms with Gasteiger partial charge in [-0.15, -0.1) is 0 Å². The van der Waals surface area contributed by atoms with Gasteiger partial charge in [0.15, 0.2) is 59.1 Å². The zero-order valence-electron chi connectivity index (χ0n) is 54.0. The molecule has 12 N–H and O–H groups in total. The molecular formula is C55H66N15O27P4S+. The molecule has 3 aliphatic rings. The average Bonchev–Trinajstić information content (AvgIpc) is 1.61. The van der Waals surface area contributed by atoms with Crippen LogP contribution in [0.15, 0.2) is 95.6 Å². The number of aryl methyl sites for hydroxylation is 1. The van der Waals surface area contributed by atoms with Gasteiger partial charge in [0.2, 0.25) is 17.7 Å². The van der Waals surface area contributed by atoms with Crippen molar-refractivity contribution in [3.05, 3.63) is 118 Å². The Hall–Kier alpha value is -7.93. The molecule has 0 saturated carbocycles. The highest BCUT2D eigenvalue weighted by molar-refractivity contribution is 8.07. The number of aromatic nitrogens is 12. The number of rotatable bonds is 28. The van der Waals surface area contributed by atoms with Gasteiger partial charge in [0.05, 0.1) is 50.9 Å². The number of phosphoric acid groups is 3. The summed E-state index contributed by atoms with van der Waals surface area (Å²) in [5, 5.41) is 27.1. The van der Waals surface area contributed by atoms with E-state index >= 15 is 0 Å². The number of esters is 2. The van der Waals surface area contributed by atoms with E-state index in [2.05, 4.69) is 59.1 Å². The Morgan fingerprint density at radius 2 is 1.22 bits per heavy atom. The minimum atomic E-state index is -6.30. The first kappa shape index (κ1) is 75.2. The van der Waals surface area contributed by atoms with Crippen LogP contribution in [0.5, 0.6) is 0 Å². The second-order valence-corrected chi connectivity index (χ2v) is 30.8. The quantitative estimate of drug-likeness (QED) is 0.0189. The molecule has 3 fully saturated rings. The topological polar surface area (TPSA) is 563 Å². The van der Waals surface area contributed by atoms with E-state index in [-0.39, 0.29) is 68.9 Å². The molecule has 11 rings (SSSR count). The van der Waals surface area contributed by atoms with Gasteiger partial charge in [-0.3, -0.25) is 71.3 Å². The van der Waals surface area contributed by atoms with Crippen LogP contribution in [0.1, 0.15) is 74.0 Å². The van der Waals surface area contributed by atoms with Crippen molar-refractivity contribution in [3.8, 4) is 0 Å². The number of fused-ring (bicyclic) bond motifs is 3. The Kier molecular flexibility index (Phi) is 22.4. The Labute approximate surface area is 578 Å². The molecule has 42 nitrogen and oxygen atoms in total. The summed E-state index contributed by atoms with van der Waals surface area (Å²) in [6.07, 6.45) is -15.7. The van der Waals surface area contributed by atoms with Gasteiger partial charge in [-0.25, -0.2) is 38.2 Å². The smallest absolute Gasteiger partial charge is 0.455 e. The Balaban J connectivity index is 0.837. The van der Waals surface area contributed by atoms with E-state index in [1.165, 1.54) is 67.4 Å². The van der Waals surface area contributed by atoms with Crippen LogP contribution in [0.25, 0.3) is 33.5 Å². The van der Waals surface area contributed by atoms with Crippen molar-refractivity contribution in [2.75, 3.05) is 43.3 Å². The number of amides is 2. The molecule has 2 amide bonds. The number of benzene rings is 2. The van der Waals surface area contributed by atoms with Crippen molar-refractivity contribution in [2.24, 2.45) is 11.8 Å². The maximum absolute atomic E-state index is 13.7. The van der Waals surface area contributed by atoms with Crippen molar-refractivity contribution in [1.29, 1.82) is 0 Å². The van der Waals surface area contributed by atoms with E-state index in [1.54, 1.807) is 43.3 Å². The lowest BCUT2D eigenvalue weighted by Crippen LogP contribution is -2.46. The van der Waals surface area contributed by atoms with Crippen molar-refractivity contribution in [1.82, 2.24) is 53.6 Å². The van der Waals surface area contributed by atoms with Crippen molar-refractivity contribution >= 4 is 117 Å². The molecule has 548 valence electrons. The lowest BCUT2D eigenvalue weighted by molar-refractivity contribution is -0.746. The number of methoxy groups -OCH3 is 1. The summed E-state index contributed by atoms with van der Waals surface area (Å²) >= 11 is 5.57. The minimum Gasteiger partial charge on any atom is -0.455 e. The fourth-order valence-electron chi connectivity index (χ4n) is 10.9. The number of hydrogen-bond donors (Lipinski definition) is 11. The summed E-state index contributed by atoms with van der Waals surface area (Å²) in [6, 6.07) is 15.9. The summed E-state index contributed by atoms with van der Waals surface area (Å²) in [5.41, 5.74) is 4.00. The molecule has 9 heterocycles. The number of carbonyl (C=O) groups excluding carboxylic acids is 4. The van der Waals surface area contributed by atoms with Crippen LogP contribution in [0, 0.1) is 11.8 Å². The number of nitrogens with two attached hydrogens (primary N) is 1. The molecule has 8 aromatic rings. The Morgan fingerprint density at radius 3 is 1.81 bits per heavy atom. The maximum atomic E-state index is 13.7. The van der Waals surface area contributed by atoms with Crippen LogP contribution in [-0.4, -0.2) is 189 Å². The van der Waals surface area contributed by atoms with Gasteiger partial charge in [0.25, 0.3) is 28.9 Å². The first-order chi connectivity index (χ1) is 48.2. The molecule has 0 bridgehead atoms. The molecule has 3 saturated heterocycles. The predicted octanol–water partition coefficient (Wildman–Crippen LogP) is 1.64. The molecule has 47 heteroatoms. The van der Waals surface area contributed by atoms with E-state index in [1.807, 2.05) is 0 Å². The molecule has 4 unspecified atom stereocenters. The van der Waals surface area contributed by atoms with Gasteiger partial charge < -0.3 is 73.8 Å².